The number of anilines is 1. The molecule has 3 aromatic rings. The highest BCUT2D eigenvalue weighted by Crippen LogP contribution is 2.24. The van der Waals surface area contributed by atoms with Crippen LogP contribution in [0.3, 0.4) is 0 Å². The molecule has 0 aliphatic carbocycles. The summed E-state index contributed by atoms with van der Waals surface area (Å²) in [7, 11) is 0. The summed E-state index contributed by atoms with van der Waals surface area (Å²) in [6.45, 7) is 1.98. The Bertz CT molecular complexity index is 792. The summed E-state index contributed by atoms with van der Waals surface area (Å²) in [5, 5.41) is 6.39. The highest BCUT2D eigenvalue weighted by molar-refractivity contribution is 6.07. The van der Waals surface area contributed by atoms with Crippen molar-refractivity contribution in [1.82, 2.24) is 5.16 Å². The lowest BCUT2D eigenvalue weighted by atomic mass is 10.1. The Morgan fingerprint density at radius 2 is 1.77 bits per heavy atom. The lowest BCUT2D eigenvalue weighted by Gasteiger charge is -2.05. The number of carbonyl (C=O) groups excluding carboxylic acids is 1. The first-order chi connectivity index (χ1) is 10.6. The Hall–Kier alpha value is -2.95. The first-order valence-corrected chi connectivity index (χ1v) is 6.72. The average Bonchev–Trinajstić information content (AvgIpc) is 3.00. The molecule has 3 rings (SSSR count). The van der Waals surface area contributed by atoms with Crippen LogP contribution < -0.4 is 5.32 Å². The maximum Gasteiger partial charge on any atom is 0.261 e. The minimum atomic E-state index is -0.358. The van der Waals surface area contributed by atoms with Crippen molar-refractivity contribution in [2.24, 2.45) is 0 Å². The highest BCUT2D eigenvalue weighted by atomic mass is 19.1. The minimum Gasteiger partial charge on any atom is -0.355 e. The second-order valence-electron chi connectivity index (χ2n) is 4.90. The molecule has 0 aliphatic rings. The largest absolute Gasteiger partial charge is 0.355 e. The molecule has 0 aliphatic heterocycles. The van der Waals surface area contributed by atoms with Crippen LogP contribution in [0.25, 0.3) is 11.3 Å². The topological polar surface area (TPSA) is 55.1 Å². The van der Waals surface area contributed by atoms with Gasteiger partial charge in [0.1, 0.15) is 11.4 Å². The number of benzene rings is 2. The zero-order valence-corrected chi connectivity index (χ0v) is 11.8. The molecule has 110 valence electrons. The van der Waals surface area contributed by atoms with Gasteiger partial charge in [-0.25, -0.2) is 4.39 Å². The minimum absolute atomic E-state index is 0.327. The predicted octanol–water partition coefficient (Wildman–Crippen LogP) is 4.04. The summed E-state index contributed by atoms with van der Waals surface area (Å²) < 4.78 is 18.1. The van der Waals surface area contributed by atoms with E-state index in [1.54, 1.807) is 0 Å². The van der Waals surface area contributed by atoms with Gasteiger partial charge in [-0.15, -0.1) is 0 Å². The van der Waals surface area contributed by atoms with Gasteiger partial charge in [-0.2, -0.15) is 0 Å². The van der Waals surface area contributed by atoms with E-state index in [1.807, 2.05) is 31.2 Å². The molecule has 4 nitrogen and oxygen atoms in total. The molecular weight excluding hydrogens is 283 g/mol. The monoisotopic (exact) mass is 296 g/mol. The van der Waals surface area contributed by atoms with Crippen LogP contribution in [0.2, 0.25) is 0 Å². The number of aryl methyl sites for hydroxylation is 1. The molecule has 22 heavy (non-hydrogen) atoms. The summed E-state index contributed by atoms with van der Waals surface area (Å²) in [4.78, 5) is 12.3. The smallest absolute Gasteiger partial charge is 0.261 e. The lowest BCUT2D eigenvalue weighted by molar-refractivity contribution is 0.102. The van der Waals surface area contributed by atoms with E-state index in [1.165, 1.54) is 30.5 Å². The third kappa shape index (κ3) is 2.88. The van der Waals surface area contributed by atoms with Crippen LogP contribution in [0.15, 0.2) is 59.3 Å². The van der Waals surface area contributed by atoms with Gasteiger partial charge in [0.2, 0.25) is 0 Å². The molecule has 1 aromatic heterocycles. The maximum absolute atomic E-state index is 12.9. The van der Waals surface area contributed by atoms with Crippen LogP contribution >= 0.6 is 0 Å². The van der Waals surface area contributed by atoms with E-state index in [2.05, 4.69) is 10.5 Å². The van der Waals surface area contributed by atoms with Gasteiger partial charge < -0.3 is 9.84 Å². The van der Waals surface area contributed by atoms with Crippen LogP contribution in [0.1, 0.15) is 15.9 Å². The second-order valence-corrected chi connectivity index (χ2v) is 4.90. The molecule has 0 bridgehead atoms. The number of nitrogens with one attached hydrogen (secondary N) is 1. The average molecular weight is 296 g/mol. The first-order valence-electron chi connectivity index (χ1n) is 6.72. The van der Waals surface area contributed by atoms with Gasteiger partial charge in [-0.05, 0) is 31.2 Å². The van der Waals surface area contributed by atoms with Crippen LogP contribution in [0.5, 0.6) is 0 Å². The normalized spacial score (nSPS) is 10.5. The zero-order chi connectivity index (χ0) is 15.5. The van der Waals surface area contributed by atoms with E-state index in [0.717, 1.165) is 11.1 Å². The van der Waals surface area contributed by atoms with E-state index >= 15 is 0 Å². The fraction of sp³-hybridized carbons (Fsp3) is 0.0588. The van der Waals surface area contributed by atoms with Gasteiger partial charge in [-0.1, -0.05) is 35.0 Å². The third-order valence-electron chi connectivity index (χ3n) is 3.23. The Labute approximate surface area is 126 Å². The van der Waals surface area contributed by atoms with Crippen molar-refractivity contribution in [3.8, 4) is 11.3 Å². The van der Waals surface area contributed by atoms with Gasteiger partial charge in [0.15, 0.2) is 5.76 Å². The lowest BCUT2D eigenvalue weighted by Crippen LogP contribution is -2.12. The van der Waals surface area contributed by atoms with Gasteiger partial charge in [-0.3, -0.25) is 4.79 Å². The second kappa shape index (κ2) is 5.81. The Balaban J connectivity index is 1.86. The highest BCUT2D eigenvalue weighted by Gasteiger charge is 2.17. The SMILES string of the molecule is Cc1ccc(-c2oncc2C(=O)Nc2ccc(F)cc2)cc1. The summed E-state index contributed by atoms with van der Waals surface area (Å²) in [5.41, 5.74) is 2.71. The number of amides is 1. The van der Waals surface area contributed by atoms with Crippen LogP contribution in [0.4, 0.5) is 10.1 Å². The van der Waals surface area contributed by atoms with E-state index in [9.17, 15) is 9.18 Å². The van der Waals surface area contributed by atoms with Crippen molar-refractivity contribution in [2.45, 2.75) is 6.92 Å². The predicted molar refractivity (Wildman–Crippen MR) is 81.0 cm³/mol. The number of aromatic nitrogens is 1. The first kappa shape index (κ1) is 14.0. The molecule has 0 spiro atoms. The van der Waals surface area contributed by atoms with E-state index in [4.69, 9.17) is 4.52 Å². The zero-order valence-electron chi connectivity index (χ0n) is 11.8. The number of hydrogen-bond donors (Lipinski definition) is 1. The van der Waals surface area contributed by atoms with Crippen LogP contribution in [0, 0.1) is 12.7 Å². The number of hydrogen-bond acceptors (Lipinski definition) is 3. The van der Waals surface area contributed by atoms with Gasteiger partial charge in [0.05, 0.1) is 6.20 Å². The molecule has 0 fully saturated rings. The van der Waals surface area contributed by atoms with Crippen molar-refractivity contribution in [3.63, 3.8) is 0 Å². The van der Waals surface area contributed by atoms with Crippen molar-refractivity contribution in [1.29, 1.82) is 0 Å². The molecule has 2 aromatic carbocycles. The summed E-state index contributed by atoms with van der Waals surface area (Å²) in [5.74, 6) is -0.314. The third-order valence-corrected chi connectivity index (χ3v) is 3.23. The maximum atomic E-state index is 12.9. The molecule has 0 saturated heterocycles. The molecular formula is C17H13FN2O2. The molecule has 0 saturated carbocycles. The van der Waals surface area contributed by atoms with Crippen molar-refractivity contribution in [2.75, 3.05) is 5.32 Å². The quantitative estimate of drug-likeness (QED) is 0.793. The fourth-order valence-electron chi connectivity index (χ4n) is 2.05. The van der Waals surface area contributed by atoms with E-state index < -0.39 is 0 Å². The van der Waals surface area contributed by atoms with Crippen LogP contribution in [-0.2, 0) is 0 Å². The number of nitrogens with zero attached hydrogens (tertiary/aromatic N) is 1. The number of rotatable bonds is 3. The summed E-state index contributed by atoms with van der Waals surface area (Å²) >= 11 is 0. The van der Waals surface area contributed by atoms with Crippen molar-refractivity contribution in [3.05, 3.63) is 71.7 Å². The molecule has 0 atom stereocenters. The number of halogens is 1. The Morgan fingerprint density at radius 1 is 1.09 bits per heavy atom. The van der Waals surface area contributed by atoms with Gasteiger partial charge in [0.25, 0.3) is 5.91 Å². The molecule has 1 amide bonds. The van der Waals surface area contributed by atoms with Crippen molar-refractivity contribution < 1.29 is 13.7 Å². The standard InChI is InChI=1S/C17H13FN2O2/c1-11-2-4-12(5-3-11)16-15(10-19-22-16)17(21)20-14-8-6-13(18)7-9-14/h2-10H,1H3,(H,20,21). The Morgan fingerprint density at radius 3 is 2.45 bits per heavy atom. The fourth-order valence-corrected chi connectivity index (χ4v) is 2.05. The summed E-state index contributed by atoms with van der Waals surface area (Å²) in [6.07, 6.45) is 1.37. The van der Waals surface area contributed by atoms with Crippen LogP contribution in [-0.4, -0.2) is 11.1 Å². The molecule has 1 heterocycles. The molecule has 0 unspecified atom stereocenters. The van der Waals surface area contributed by atoms with Gasteiger partial charge in [0, 0.05) is 11.3 Å². The van der Waals surface area contributed by atoms with E-state index in [-0.39, 0.29) is 11.7 Å². The summed E-state index contributed by atoms with van der Waals surface area (Å²) in [6, 6.07) is 13.1. The van der Waals surface area contributed by atoms with E-state index in [0.29, 0.717) is 17.0 Å². The molecule has 0 radical (unpaired) electrons. The molecule has 5 heteroatoms. The molecule has 1 N–H and O–H groups in total. The van der Waals surface area contributed by atoms with Crippen molar-refractivity contribution >= 4 is 11.6 Å². The number of carbonyl (C=O) groups is 1. The Kier molecular flexibility index (Phi) is 3.70. The van der Waals surface area contributed by atoms with Gasteiger partial charge >= 0.3 is 0 Å².